The Morgan fingerprint density at radius 1 is 1.04 bits per heavy atom. The number of carboxylic acid groups (broad SMARTS) is 1. The molecular weight excluding hydrogens is 342 g/mol. The topological polar surface area (TPSA) is 75.4 Å². The van der Waals surface area contributed by atoms with Crippen LogP contribution in [-0.2, 0) is 24.3 Å². The Bertz CT molecular complexity index is 965. The second-order valence-corrected chi connectivity index (χ2v) is 6.66. The molecule has 1 aromatic heterocycles. The highest BCUT2D eigenvalue weighted by Gasteiger charge is 2.34. The van der Waals surface area contributed by atoms with Crippen LogP contribution >= 0.6 is 0 Å². The number of carboxylic acids is 1. The van der Waals surface area contributed by atoms with Crippen LogP contribution < -0.4 is 0 Å². The van der Waals surface area contributed by atoms with E-state index < -0.39 is 12.0 Å². The van der Waals surface area contributed by atoms with Crippen molar-refractivity contribution < 1.29 is 14.7 Å². The minimum absolute atomic E-state index is 0.262. The molecule has 2 aromatic carbocycles. The summed E-state index contributed by atoms with van der Waals surface area (Å²) < 4.78 is 1.80. The van der Waals surface area contributed by atoms with E-state index in [2.05, 4.69) is 5.10 Å². The predicted octanol–water partition coefficient (Wildman–Crippen LogP) is 2.58. The minimum atomic E-state index is -0.979. The lowest BCUT2D eigenvalue weighted by Crippen LogP contribution is -2.48. The van der Waals surface area contributed by atoms with Gasteiger partial charge in [-0.05, 0) is 34.9 Å². The number of hydrogen-bond acceptors (Lipinski definition) is 3. The monoisotopic (exact) mass is 361 g/mol. The van der Waals surface area contributed by atoms with E-state index in [-0.39, 0.29) is 5.91 Å². The van der Waals surface area contributed by atoms with Crippen LogP contribution in [0.5, 0.6) is 0 Å². The molecule has 0 fully saturated rings. The van der Waals surface area contributed by atoms with Crippen LogP contribution in [0, 0.1) is 0 Å². The highest BCUT2D eigenvalue weighted by molar-refractivity contribution is 5.97. The fraction of sp³-hybridized carbons (Fsp3) is 0.190. The molecule has 1 atom stereocenters. The molecule has 0 radical (unpaired) electrons. The Balaban J connectivity index is 1.56. The van der Waals surface area contributed by atoms with Gasteiger partial charge in [0.05, 0.1) is 6.54 Å². The van der Waals surface area contributed by atoms with Crippen LogP contribution in [0.25, 0.3) is 0 Å². The number of aromatic nitrogens is 2. The molecule has 0 unspecified atom stereocenters. The summed E-state index contributed by atoms with van der Waals surface area (Å²) in [6.45, 7) is 0.928. The standard InChI is InChI=1S/C21H19N3O3/c25-20(16-8-6-15(7-9-16)13-23-11-3-10-22-23)24-14-18-5-2-1-4-17(18)12-19(24)21(26)27/h1-11,19H,12-14H2,(H,26,27)/t19-/m0/s1. The molecule has 136 valence electrons. The molecule has 6 heteroatoms. The van der Waals surface area contributed by atoms with E-state index in [9.17, 15) is 14.7 Å². The Kier molecular flexibility index (Phi) is 4.46. The smallest absolute Gasteiger partial charge is 0.326 e. The average Bonchev–Trinajstić information content (AvgIpc) is 3.20. The zero-order chi connectivity index (χ0) is 18.8. The summed E-state index contributed by atoms with van der Waals surface area (Å²) in [7, 11) is 0. The van der Waals surface area contributed by atoms with Gasteiger partial charge in [-0.1, -0.05) is 36.4 Å². The molecule has 3 aromatic rings. The maximum Gasteiger partial charge on any atom is 0.326 e. The quantitative estimate of drug-likeness (QED) is 0.775. The molecule has 1 aliphatic rings. The third-order valence-corrected chi connectivity index (χ3v) is 4.90. The van der Waals surface area contributed by atoms with Gasteiger partial charge in [-0.2, -0.15) is 5.10 Å². The molecule has 4 rings (SSSR count). The van der Waals surface area contributed by atoms with Crippen LogP contribution in [0.15, 0.2) is 67.0 Å². The third kappa shape index (κ3) is 3.46. The van der Waals surface area contributed by atoms with Gasteiger partial charge in [0.2, 0.25) is 0 Å². The molecule has 1 aliphatic heterocycles. The van der Waals surface area contributed by atoms with Gasteiger partial charge in [-0.15, -0.1) is 0 Å². The van der Waals surface area contributed by atoms with Crippen LogP contribution in [0.3, 0.4) is 0 Å². The first-order valence-electron chi connectivity index (χ1n) is 8.79. The van der Waals surface area contributed by atoms with Crippen molar-refractivity contribution in [2.24, 2.45) is 0 Å². The number of benzene rings is 2. The van der Waals surface area contributed by atoms with E-state index in [0.29, 0.717) is 25.1 Å². The van der Waals surface area contributed by atoms with Crippen molar-refractivity contribution in [3.05, 3.63) is 89.2 Å². The summed E-state index contributed by atoms with van der Waals surface area (Å²) in [5, 5.41) is 13.8. The van der Waals surface area contributed by atoms with Crippen molar-refractivity contribution >= 4 is 11.9 Å². The van der Waals surface area contributed by atoms with Gasteiger partial charge in [-0.3, -0.25) is 9.48 Å². The number of carbonyl (C=O) groups excluding carboxylic acids is 1. The highest BCUT2D eigenvalue weighted by Crippen LogP contribution is 2.25. The number of hydrogen-bond donors (Lipinski definition) is 1. The summed E-state index contributed by atoms with van der Waals surface area (Å²) in [6.07, 6.45) is 3.93. The van der Waals surface area contributed by atoms with Crippen molar-refractivity contribution in [2.75, 3.05) is 0 Å². The lowest BCUT2D eigenvalue weighted by atomic mass is 9.93. The largest absolute Gasteiger partial charge is 0.480 e. The van der Waals surface area contributed by atoms with Crippen molar-refractivity contribution in [1.82, 2.24) is 14.7 Å². The predicted molar refractivity (Wildman–Crippen MR) is 99.2 cm³/mol. The number of aliphatic carboxylic acids is 1. The van der Waals surface area contributed by atoms with Crippen LogP contribution in [0.4, 0.5) is 0 Å². The Hall–Kier alpha value is -3.41. The van der Waals surface area contributed by atoms with Gasteiger partial charge in [-0.25, -0.2) is 4.79 Å². The second kappa shape index (κ2) is 7.07. The highest BCUT2D eigenvalue weighted by atomic mass is 16.4. The van der Waals surface area contributed by atoms with Crippen LogP contribution in [-0.4, -0.2) is 37.7 Å². The molecule has 0 saturated heterocycles. The Morgan fingerprint density at radius 2 is 1.78 bits per heavy atom. The summed E-state index contributed by atoms with van der Waals surface area (Å²) in [5.41, 5.74) is 3.50. The lowest BCUT2D eigenvalue weighted by molar-refractivity contribution is -0.142. The van der Waals surface area contributed by atoms with E-state index in [1.807, 2.05) is 48.7 Å². The molecular formula is C21H19N3O3. The van der Waals surface area contributed by atoms with Crippen LogP contribution in [0.1, 0.15) is 27.0 Å². The SMILES string of the molecule is O=C(O)[C@@H]1Cc2ccccc2CN1C(=O)c1ccc(Cn2cccn2)cc1. The third-order valence-electron chi connectivity index (χ3n) is 4.90. The van der Waals surface area contributed by atoms with Gasteiger partial charge in [0.15, 0.2) is 0 Å². The second-order valence-electron chi connectivity index (χ2n) is 6.66. The Labute approximate surface area is 156 Å². The van der Waals surface area contributed by atoms with E-state index >= 15 is 0 Å². The zero-order valence-corrected chi connectivity index (χ0v) is 14.7. The molecule has 1 N–H and O–H groups in total. The van der Waals surface area contributed by atoms with E-state index in [1.165, 1.54) is 4.90 Å². The van der Waals surface area contributed by atoms with Gasteiger partial charge < -0.3 is 10.0 Å². The number of fused-ring (bicyclic) bond motifs is 1. The number of rotatable bonds is 4. The average molecular weight is 361 g/mol. The molecule has 0 saturated carbocycles. The van der Waals surface area contributed by atoms with Crippen molar-refractivity contribution in [3.8, 4) is 0 Å². The zero-order valence-electron chi connectivity index (χ0n) is 14.7. The first kappa shape index (κ1) is 17.0. The molecule has 27 heavy (non-hydrogen) atoms. The number of carbonyl (C=O) groups is 2. The van der Waals surface area contributed by atoms with Crippen LogP contribution in [0.2, 0.25) is 0 Å². The summed E-state index contributed by atoms with van der Waals surface area (Å²) in [6, 6.07) is 15.9. The van der Waals surface area contributed by atoms with Gasteiger partial charge in [0.1, 0.15) is 6.04 Å². The number of amides is 1. The van der Waals surface area contributed by atoms with E-state index in [1.54, 1.807) is 23.0 Å². The molecule has 0 bridgehead atoms. The number of nitrogens with zero attached hydrogens (tertiary/aromatic N) is 3. The molecule has 0 aliphatic carbocycles. The van der Waals surface area contributed by atoms with Gasteiger partial charge in [0.25, 0.3) is 5.91 Å². The molecule has 0 spiro atoms. The fourth-order valence-electron chi connectivity index (χ4n) is 3.46. The summed E-state index contributed by atoms with van der Waals surface area (Å²) >= 11 is 0. The lowest BCUT2D eigenvalue weighted by Gasteiger charge is -2.34. The summed E-state index contributed by atoms with van der Waals surface area (Å²) in [4.78, 5) is 26.2. The van der Waals surface area contributed by atoms with Crippen molar-refractivity contribution in [3.63, 3.8) is 0 Å². The molecule has 6 nitrogen and oxygen atoms in total. The molecule has 2 heterocycles. The fourth-order valence-corrected chi connectivity index (χ4v) is 3.46. The first-order chi connectivity index (χ1) is 13.1. The van der Waals surface area contributed by atoms with Gasteiger partial charge >= 0.3 is 5.97 Å². The summed E-state index contributed by atoms with van der Waals surface area (Å²) in [5.74, 6) is -1.24. The first-order valence-corrected chi connectivity index (χ1v) is 8.79. The minimum Gasteiger partial charge on any atom is -0.480 e. The van der Waals surface area contributed by atoms with E-state index in [0.717, 1.165) is 16.7 Å². The Morgan fingerprint density at radius 3 is 2.44 bits per heavy atom. The van der Waals surface area contributed by atoms with Crippen molar-refractivity contribution in [1.29, 1.82) is 0 Å². The molecule has 1 amide bonds. The van der Waals surface area contributed by atoms with E-state index in [4.69, 9.17) is 0 Å². The maximum atomic E-state index is 13.0. The van der Waals surface area contributed by atoms with Crippen molar-refractivity contribution in [2.45, 2.75) is 25.6 Å². The normalized spacial score (nSPS) is 16.0. The maximum absolute atomic E-state index is 13.0. The van der Waals surface area contributed by atoms with Gasteiger partial charge in [0, 0.05) is 30.9 Å².